The fourth-order valence-electron chi connectivity index (χ4n) is 1.60. The second-order valence-electron chi connectivity index (χ2n) is 3.79. The molecule has 0 radical (unpaired) electrons. The number of hydrogen-bond acceptors (Lipinski definition) is 1. The van der Waals surface area contributed by atoms with E-state index < -0.39 is 0 Å². The molecule has 0 atom stereocenters. The topological polar surface area (TPSA) is 17.1 Å². The number of benzene rings is 2. The van der Waals surface area contributed by atoms with Crippen LogP contribution < -0.4 is 0 Å². The summed E-state index contributed by atoms with van der Waals surface area (Å²) in [7, 11) is 0. The SMILES string of the molecule is C=C(C(=O)c1ccc(Cl)cc1)c1ccccc1Cl. The van der Waals surface area contributed by atoms with Gasteiger partial charge in [-0.2, -0.15) is 0 Å². The van der Waals surface area contributed by atoms with Crippen LogP contribution in [0.3, 0.4) is 0 Å². The van der Waals surface area contributed by atoms with Crippen LogP contribution in [-0.2, 0) is 0 Å². The standard InChI is InChI=1S/C15H10Cl2O/c1-10(13-4-2-3-5-14(13)17)15(18)11-6-8-12(16)9-7-11/h2-9H,1H2. The first-order chi connectivity index (χ1) is 8.59. The summed E-state index contributed by atoms with van der Waals surface area (Å²) in [5.41, 5.74) is 1.58. The van der Waals surface area contributed by atoms with Gasteiger partial charge in [0.05, 0.1) is 0 Å². The van der Waals surface area contributed by atoms with Crippen molar-refractivity contribution in [1.29, 1.82) is 0 Å². The molecular formula is C15H10Cl2O. The van der Waals surface area contributed by atoms with Gasteiger partial charge in [0.25, 0.3) is 0 Å². The highest BCUT2D eigenvalue weighted by Crippen LogP contribution is 2.25. The van der Waals surface area contributed by atoms with Crippen LogP contribution in [0.4, 0.5) is 0 Å². The molecule has 0 saturated carbocycles. The summed E-state index contributed by atoms with van der Waals surface area (Å²) in [6.07, 6.45) is 0. The summed E-state index contributed by atoms with van der Waals surface area (Å²) in [5.74, 6) is -0.153. The Labute approximate surface area is 116 Å². The first-order valence-corrected chi connectivity index (χ1v) is 6.09. The molecule has 0 heterocycles. The maximum atomic E-state index is 12.2. The molecule has 1 nitrogen and oxygen atoms in total. The second kappa shape index (κ2) is 5.38. The van der Waals surface area contributed by atoms with Gasteiger partial charge in [-0.15, -0.1) is 0 Å². The van der Waals surface area contributed by atoms with Gasteiger partial charge in [0, 0.05) is 26.7 Å². The first-order valence-electron chi connectivity index (χ1n) is 5.33. The third kappa shape index (κ3) is 2.63. The lowest BCUT2D eigenvalue weighted by molar-refractivity contribution is 0.105. The third-order valence-corrected chi connectivity index (χ3v) is 3.16. The molecular weight excluding hydrogens is 267 g/mol. The maximum absolute atomic E-state index is 12.2. The van der Waals surface area contributed by atoms with Crippen molar-refractivity contribution in [2.75, 3.05) is 0 Å². The minimum absolute atomic E-state index is 0.153. The lowest BCUT2D eigenvalue weighted by atomic mass is 9.98. The Balaban J connectivity index is 2.33. The normalized spacial score (nSPS) is 10.1. The summed E-state index contributed by atoms with van der Waals surface area (Å²) in [6, 6.07) is 13.8. The number of carbonyl (C=O) groups excluding carboxylic acids is 1. The molecule has 0 aliphatic carbocycles. The van der Waals surface area contributed by atoms with Crippen LogP contribution in [0.1, 0.15) is 15.9 Å². The molecule has 2 aromatic rings. The average Bonchev–Trinajstić information content (AvgIpc) is 2.38. The zero-order chi connectivity index (χ0) is 13.1. The number of hydrogen-bond donors (Lipinski definition) is 0. The van der Waals surface area contributed by atoms with E-state index in [2.05, 4.69) is 6.58 Å². The molecule has 0 fully saturated rings. The van der Waals surface area contributed by atoms with Gasteiger partial charge in [0.15, 0.2) is 5.78 Å². The van der Waals surface area contributed by atoms with Gasteiger partial charge < -0.3 is 0 Å². The Morgan fingerprint density at radius 1 is 0.944 bits per heavy atom. The zero-order valence-electron chi connectivity index (χ0n) is 9.49. The average molecular weight is 277 g/mol. The van der Waals surface area contributed by atoms with Crippen molar-refractivity contribution >= 4 is 34.6 Å². The predicted octanol–water partition coefficient (Wildman–Crippen LogP) is 4.89. The summed E-state index contributed by atoms with van der Waals surface area (Å²) >= 11 is 11.8. The van der Waals surface area contributed by atoms with Gasteiger partial charge in [-0.3, -0.25) is 4.79 Å². The quantitative estimate of drug-likeness (QED) is 0.576. The van der Waals surface area contributed by atoms with Crippen LogP contribution in [0.15, 0.2) is 55.1 Å². The molecule has 18 heavy (non-hydrogen) atoms. The van der Waals surface area contributed by atoms with Crippen molar-refractivity contribution in [2.24, 2.45) is 0 Å². The molecule has 0 aliphatic heterocycles. The Hall–Kier alpha value is -1.57. The second-order valence-corrected chi connectivity index (χ2v) is 4.64. The third-order valence-electron chi connectivity index (χ3n) is 2.58. The molecule has 0 bridgehead atoms. The molecule has 0 aliphatic rings. The summed E-state index contributed by atoms with van der Waals surface area (Å²) < 4.78 is 0. The fraction of sp³-hybridized carbons (Fsp3) is 0. The molecule has 0 unspecified atom stereocenters. The lowest BCUT2D eigenvalue weighted by Crippen LogP contribution is -2.01. The van der Waals surface area contributed by atoms with Crippen LogP contribution in [0.25, 0.3) is 5.57 Å². The monoisotopic (exact) mass is 276 g/mol. The van der Waals surface area contributed by atoms with Crippen molar-refractivity contribution in [1.82, 2.24) is 0 Å². The maximum Gasteiger partial charge on any atom is 0.193 e. The predicted molar refractivity (Wildman–Crippen MR) is 76.3 cm³/mol. The highest BCUT2D eigenvalue weighted by atomic mass is 35.5. The largest absolute Gasteiger partial charge is 0.289 e. The smallest absolute Gasteiger partial charge is 0.193 e. The molecule has 3 heteroatoms. The van der Waals surface area contributed by atoms with E-state index in [1.807, 2.05) is 12.1 Å². The first kappa shape index (κ1) is 12.9. The van der Waals surface area contributed by atoms with Gasteiger partial charge >= 0.3 is 0 Å². The molecule has 2 rings (SSSR count). The zero-order valence-corrected chi connectivity index (χ0v) is 11.0. The molecule has 0 amide bonds. The van der Waals surface area contributed by atoms with E-state index >= 15 is 0 Å². The highest BCUT2D eigenvalue weighted by Gasteiger charge is 2.14. The summed E-state index contributed by atoms with van der Waals surface area (Å²) in [5, 5.41) is 1.11. The molecule has 0 aromatic heterocycles. The van der Waals surface area contributed by atoms with E-state index in [1.165, 1.54) is 0 Å². The van der Waals surface area contributed by atoms with E-state index in [0.717, 1.165) is 0 Å². The highest BCUT2D eigenvalue weighted by molar-refractivity contribution is 6.37. The van der Waals surface area contributed by atoms with E-state index in [9.17, 15) is 4.79 Å². The van der Waals surface area contributed by atoms with Gasteiger partial charge in [-0.05, 0) is 30.3 Å². The van der Waals surface area contributed by atoms with Crippen molar-refractivity contribution in [3.8, 4) is 0 Å². The van der Waals surface area contributed by atoms with Gasteiger partial charge in [-0.25, -0.2) is 0 Å². The van der Waals surface area contributed by atoms with Crippen molar-refractivity contribution in [2.45, 2.75) is 0 Å². The molecule has 0 N–H and O–H groups in total. The van der Waals surface area contributed by atoms with E-state index in [-0.39, 0.29) is 5.78 Å². The minimum Gasteiger partial charge on any atom is -0.289 e. The van der Waals surface area contributed by atoms with Crippen molar-refractivity contribution in [3.05, 3.63) is 76.3 Å². The molecule has 0 spiro atoms. The number of Topliss-reactive ketones (excluding diaryl/α,β-unsaturated/α-hetero) is 1. The van der Waals surface area contributed by atoms with Crippen molar-refractivity contribution in [3.63, 3.8) is 0 Å². The summed E-state index contributed by atoms with van der Waals surface area (Å²) in [4.78, 5) is 12.2. The molecule has 90 valence electrons. The van der Waals surface area contributed by atoms with Gasteiger partial charge in [0.2, 0.25) is 0 Å². The van der Waals surface area contributed by atoms with Crippen LogP contribution >= 0.6 is 23.2 Å². The van der Waals surface area contributed by atoms with Crippen molar-refractivity contribution < 1.29 is 4.79 Å². The van der Waals surface area contributed by atoms with Crippen LogP contribution in [0.2, 0.25) is 10.0 Å². The molecule has 0 saturated heterocycles. The number of carbonyl (C=O) groups is 1. The van der Waals surface area contributed by atoms with Crippen LogP contribution in [-0.4, -0.2) is 5.78 Å². The Bertz CT molecular complexity index is 600. The van der Waals surface area contributed by atoms with E-state index in [1.54, 1.807) is 36.4 Å². The van der Waals surface area contributed by atoms with Crippen LogP contribution in [0, 0.1) is 0 Å². The number of allylic oxidation sites excluding steroid dienone is 1. The van der Waals surface area contributed by atoms with E-state index in [0.29, 0.717) is 26.7 Å². The summed E-state index contributed by atoms with van der Waals surface area (Å²) in [6.45, 7) is 3.82. The Kier molecular flexibility index (Phi) is 3.85. The van der Waals surface area contributed by atoms with E-state index in [4.69, 9.17) is 23.2 Å². The lowest BCUT2D eigenvalue weighted by Gasteiger charge is -2.07. The Morgan fingerprint density at radius 2 is 1.56 bits per heavy atom. The van der Waals surface area contributed by atoms with Gasteiger partial charge in [-0.1, -0.05) is 48.0 Å². The van der Waals surface area contributed by atoms with Crippen LogP contribution in [0.5, 0.6) is 0 Å². The fourth-order valence-corrected chi connectivity index (χ4v) is 1.98. The minimum atomic E-state index is -0.153. The van der Waals surface area contributed by atoms with Gasteiger partial charge in [0.1, 0.15) is 0 Å². The number of rotatable bonds is 3. The number of ketones is 1. The number of halogens is 2. The molecule has 2 aromatic carbocycles. The Morgan fingerprint density at radius 3 is 2.17 bits per heavy atom.